The number of hydrazine groups is 1. The molecule has 1 unspecified atom stereocenters. The molecule has 0 fully saturated rings. The first-order chi connectivity index (χ1) is 8.02. The Labute approximate surface area is 106 Å². The van der Waals surface area contributed by atoms with Gasteiger partial charge in [0.25, 0.3) is 0 Å². The predicted octanol–water partition coefficient (Wildman–Crippen LogP) is 1.83. The van der Waals surface area contributed by atoms with E-state index in [4.69, 9.17) is 11.6 Å². The first-order valence-corrected chi connectivity index (χ1v) is 6.43. The Hall–Kier alpha value is -1.20. The largest absolute Gasteiger partial charge is 0.399 e. The number of benzene rings is 1. The molecule has 1 atom stereocenters. The van der Waals surface area contributed by atoms with E-state index < -0.39 is 0 Å². The van der Waals surface area contributed by atoms with Crippen LogP contribution in [0.4, 0.5) is 5.69 Å². The number of thioether (sulfide) groups is 1. The zero-order chi connectivity index (χ0) is 12.8. The van der Waals surface area contributed by atoms with Gasteiger partial charge in [0.2, 0.25) is 5.91 Å². The quantitative estimate of drug-likeness (QED) is 0.246. The highest BCUT2D eigenvalue weighted by Crippen LogP contribution is 2.29. The summed E-state index contributed by atoms with van der Waals surface area (Å²) in [6, 6.07) is 5.88. The van der Waals surface area contributed by atoms with Gasteiger partial charge >= 0.3 is 0 Å². The molecule has 4 nitrogen and oxygen atoms in total. The van der Waals surface area contributed by atoms with Crippen LogP contribution in [0.5, 0.6) is 0 Å². The SMILES string of the molecule is Cc1cc(N)ccc1SC(C)CCC(=O)NN. The zero-order valence-electron chi connectivity index (χ0n) is 10.2. The average molecular weight is 253 g/mol. The monoisotopic (exact) mass is 253 g/mol. The van der Waals surface area contributed by atoms with E-state index in [1.165, 1.54) is 10.5 Å². The lowest BCUT2D eigenvalue weighted by molar-refractivity contribution is -0.121. The van der Waals surface area contributed by atoms with Gasteiger partial charge in [0, 0.05) is 22.3 Å². The van der Waals surface area contributed by atoms with Crippen molar-refractivity contribution in [1.29, 1.82) is 0 Å². The van der Waals surface area contributed by atoms with E-state index in [1.54, 1.807) is 11.8 Å². The lowest BCUT2D eigenvalue weighted by Crippen LogP contribution is -2.30. The Morgan fingerprint density at radius 3 is 2.82 bits per heavy atom. The molecule has 0 aromatic heterocycles. The van der Waals surface area contributed by atoms with Gasteiger partial charge < -0.3 is 5.73 Å². The summed E-state index contributed by atoms with van der Waals surface area (Å²) in [6.07, 6.45) is 1.26. The summed E-state index contributed by atoms with van der Waals surface area (Å²) in [4.78, 5) is 12.2. The molecular weight excluding hydrogens is 234 g/mol. The average Bonchev–Trinajstić information content (AvgIpc) is 2.29. The van der Waals surface area contributed by atoms with Gasteiger partial charge in [-0.1, -0.05) is 6.92 Å². The Morgan fingerprint density at radius 2 is 2.24 bits per heavy atom. The third kappa shape index (κ3) is 4.66. The van der Waals surface area contributed by atoms with E-state index in [0.29, 0.717) is 11.7 Å². The van der Waals surface area contributed by atoms with Gasteiger partial charge in [0.05, 0.1) is 0 Å². The molecule has 0 bridgehead atoms. The molecule has 0 aliphatic carbocycles. The number of carbonyl (C=O) groups is 1. The number of nitrogens with one attached hydrogen (secondary N) is 1. The van der Waals surface area contributed by atoms with Crippen molar-refractivity contribution >= 4 is 23.4 Å². The number of amides is 1. The molecule has 94 valence electrons. The summed E-state index contributed by atoms with van der Waals surface area (Å²) < 4.78 is 0. The van der Waals surface area contributed by atoms with Gasteiger partial charge in [0.15, 0.2) is 0 Å². The van der Waals surface area contributed by atoms with E-state index >= 15 is 0 Å². The molecule has 1 amide bonds. The van der Waals surface area contributed by atoms with E-state index in [1.807, 2.05) is 25.1 Å². The van der Waals surface area contributed by atoms with Gasteiger partial charge in [-0.3, -0.25) is 10.2 Å². The van der Waals surface area contributed by atoms with Gasteiger partial charge in [-0.05, 0) is 37.1 Å². The van der Waals surface area contributed by atoms with Crippen molar-refractivity contribution in [3.8, 4) is 0 Å². The summed E-state index contributed by atoms with van der Waals surface area (Å²) in [5.74, 6) is 4.91. The van der Waals surface area contributed by atoms with Crippen LogP contribution in [0.15, 0.2) is 23.1 Å². The van der Waals surface area contributed by atoms with Crippen molar-refractivity contribution < 1.29 is 4.79 Å². The standard InChI is InChI=1S/C12H19N3OS/c1-8-7-10(13)4-5-11(8)17-9(2)3-6-12(16)15-14/h4-5,7,9H,3,6,13-14H2,1-2H3,(H,15,16). The molecule has 0 aliphatic heterocycles. The molecule has 0 saturated heterocycles. The molecule has 1 rings (SSSR count). The molecule has 0 radical (unpaired) electrons. The second-order valence-corrected chi connectivity index (χ2v) is 5.54. The number of hydrogen-bond donors (Lipinski definition) is 3. The first-order valence-electron chi connectivity index (χ1n) is 5.55. The Balaban J connectivity index is 2.50. The predicted molar refractivity (Wildman–Crippen MR) is 72.5 cm³/mol. The van der Waals surface area contributed by atoms with E-state index in [9.17, 15) is 4.79 Å². The van der Waals surface area contributed by atoms with Crippen molar-refractivity contribution in [3.63, 3.8) is 0 Å². The van der Waals surface area contributed by atoms with Crippen LogP contribution in [-0.4, -0.2) is 11.2 Å². The van der Waals surface area contributed by atoms with Crippen molar-refractivity contribution in [2.24, 2.45) is 5.84 Å². The van der Waals surface area contributed by atoms with Crippen LogP contribution in [0, 0.1) is 6.92 Å². The van der Waals surface area contributed by atoms with Gasteiger partial charge in [-0.2, -0.15) is 0 Å². The van der Waals surface area contributed by atoms with Gasteiger partial charge in [-0.25, -0.2) is 5.84 Å². The fraction of sp³-hybridized carbons (Fsp3) is 0.417. The maximum atomic E-state index is 11.0. The van der Waals surface area contributed by atoms with E-state index in [0.717, 1.165) is 12.1 Å². The number of nitrogens with two attached hydrogens (primary N) is 2. The number of hydrogen-bond acceptors (Lipinski definition) is 4. The number of aryl methyl sites for hydroxylation is 1. The molecule has 1 aromatic rings. The maximum Gasteiger partial charge on any atom is 0.233 e. The molecule has 17 heavy (non-hydrogen) atoms. The van der Waals surface area contributed by atoms with Crippen molar-refractivity contribution in [3.05, 3.63) is 23.8 Å². The summed E-state index contributed by atoms with van der Waals surface area (Å²) in [6.45, 7) is 4.14. The molecule has 0 aliphatic rings. The summed E-state index contributed by atoms with van der Waals surface area (Å²) in [7, 11) is 0. The lowest BCUT2D eigenvalue weighted by atomic mass is 10.2. The molecule has 5 N–H and O–H groups in total. The number of carbonyl (C=O) groups excluding carboxylic acids is 1. The number of rotatable bonds is 5. The third-order valence-corrected chi connectivity index (χ3v) is 3.82. The molecule has 1 aromatic carbocycles. The fourth-order valence-corrected chi connectivity index (χ4v) is 2.55. The number of nitrogen functional groups attached to an aromatic ring is 1. The van der Waals surface area contributed by atoms with Crippen LogP contribution in [0.1, 0.15) is 25.3 Å². The highest BCUT2D eigenvalue weighted by molar-refractivity contribution is 8.00. The number of anilines is 1. The molecule has 0 heterocycles. The minimum atomic E-state index is -0.119. The second kappa shape index (κ2) is 6.51. The minimum Gasteiger partial charge on any atom is -0.399 e. The van der Waals surface area contributed by atoms with Crippen molar-refractivity contribution in [1.82, 2.24) is 5.43 Å². The summed E-state index contributed by atoms with van der Waals surface area (Å²) in [5.41, 5.74) is 9.79. The molecule has 5 heteroatoms. The fourth-order valence-electron chi connectivity index (χ4n) is 1.49. The normalized spacial score (nSPS) is 12.2. The van der Waals surface area contributed by atoms with Crippen LogP contribution in [0.25, 0.3) is 0 Å². The van der Waals surface area contributed by atoms with Crippen LogP contribution in [0.3, 0.4) is 0 Å². The van der Waals surface area contributed by atoms with Crippen LogP contribution in [0.2, 0.25) is 0 Å². The van der Waals surface area contributed by atoms with Gasteiger partial charge in [0.1, 0.15) is 0 Å². The van der Waals surface area contributed by atoms with Gasteiger partial charge in [-0.15, -0.1) is 11.8 Å². The molecule has 0 saturated carbocycles. The van der Waals surface area contributed by atoms with E-state index in [2.05, 4.69) is 12.3 Å². The smallest absolute Gasteiger partial charge is 0.233 e. The van der Waals surface area contributed by atoms with E-state index in [-0.39, 0.29) is 5.91 Å². The van der Waals surface area contributed by atoms with Crippen LogP contribution < -0.4 is 17.0 Å². The Kier molecular flexibility index (Phi) is 5.31. The molecule has 0 spiro atoms. The summed E-state index contributed by atoms with van der Waals surface area (Å²) in [5, 5.41) is 0.370. The Morgan fingerprint density at radius 1 is 1.53 bits per heavy atom. The topological polar surface area (TPSA) is 81.1 Å². The third-order valence-electron chi connectivity index (χ3n) is 2.47. The van der Waals surface area contributed by atoms with Crippen molar-refractivity contribution in [2.75, 3.05) is 5.73 Å². The Bertz CT molecular complexity index is 395. The summed E-state index contributed by atoms with van der Waals surface area (Å²) >= 11 is 1.75. The van der Waals surface area contributed by atoms with Crippen LogP contribution in [-0.2, 0) is 4.79 Å². The first kappa shape index (κ1) is 13.9. The highest BCUT2D eigenvalue weighted by atomic mass is 32.2. The lowest BCUT2D eigenvalue weighted by Gasteiger charge is -2.12. The molecular formula is C12H19N3OS. The second-order valence-electron chi connectivity index (χ2n) is 4.06. The highest BCUT2D eigenvalue weighted by Gasteiger charge is 2.09. The maximum absolute atomic E-state index is 11.0. The van der Waals surface area contributed by atoms with Crippen LogP contribution >= 0.6 is 11.8 Å². The zero-order valence-corrected chi connectivity index (χ0v) is 11.0. The minimum absolute atomic E-state index is 0.119. The van der Waals surface area contributed by atoms with Crippen molar-refractivity contribution in [2.45, 2.75) is 36.8 Å².